The molecule has 0 radical (unpaired) electrons. The van der Waals surface area contributed by atoms with Crippen LogP contribution in [0.3, 0.4) is 0 Å². The van der Waals surface area contributed by atoms with Gasteiger partial charge < -0.3 is 9.13 Å². The summed E-state index contributed by atoms with van der Waals surface area (Å²) < 4.78 is 48.1. The summed E-state index contributed by atoms with van der Waals surface area (Å²) in [6.45, 7) is 6.95. The molecule has 8 rings (SSSR count). The third kappa shape index (κ3) is 13.8. The van der Waals surface area contributed by atoms with Crippen molar-refractivity contribution in [3.63, 3.8) is 0 Å². The Labute approximate surface area is 382 Å². The Hall–Kier alpha value is -4.98. The number of benzene rings is 2. The van der Waals surface area contributed by atoms with Gasteiger partial charge in [-0.1, -0.05) is 41.6 Å². The van der Waals surface area contributed by atoms with Gasteiger partial charge in [0.2, 0.25) is 0 Å². The van der Waals surface area contributed by atoms with Crippen LogP contribution in [0.2, 0.25) is 13.3 Å². The summed E-state index contributed by atoms with van der Waals surface area (Å²) in [7, 11) is 3.96. The number of hydrogen-bond acceptors (Lipinski definition) is 10. The fourth-order valence-electron chi connectivity index (χ4n) is 7.32. The Balaban J connectivity index is 0.000000193. The largest absolute Gasteiger partial charge is 0.335 e. The minimum absolute atomic E-state index is 0.750. The number of para-hydroxylation sites is 2. The summed E-state index contributed by atoms with van der Waals surface area (Å²) in [5, 5.41) is 18.5. The zero-order valence-corrected chi connectivity index (χ0v) is 41.8. The molecule has 62 heavy (non-hydrogen) atoms. The minimum Gasteiger partial charge on any atom is -0.301 e. The second-order valence-corrected chi connectivity index (χ2v) is 28.5. The van der Waals surface area contributed by atoms with Crippen molar-refractivity contribution in [3.8, 4) is 22.8 Å². The van der Waals surface area contributed by atoms with Crippen LogP contribution < -0.4 is 3.71 Å². The van der Waals surface area contributed by atoms with Gasteiger partial charge in [0.1, 0.15) is 21.6 Å². The van der Waals surface area contributed by atoms with Gasteiger partial charge in [-0.15, -0.1) is 5.10 Å². The van der Waals surface area contributed by atoms with Crippen molar-refractivity contribution in [3.05, 3.63) is 126 Å². The molecule has 0 bridgehead atoms. The summed E-state index contributed by atoms with van der Waals surface area (Å²) in [4.78, 5) is 9.27. The molecular weight excluding hydrogens is 995 g/mol. The Morgan fingerprint density at radius 1 is 0.565 bits per heavy atom. The topological polar surface area (TPSA) is 165 Å². The number of halogens is 1. The molecule has 8 aromatic rings. The number of pyridine rings is 2. The summed E-state index contributed by atoms with van der Waals surface area (Å²) in [6, 6.07) is 32.6. The molecule has 326 valence electrons. The smallest absolute Gasteiger partial charge is 0.301 e. The molecule has 14 nitrogen and oxygen atoms in total. The van der Waals surface area contributed by atoms with Crippen LogP contribution in [0.4, 0.5) is 0 Å². The molecule has 0 aliphatic rings. The number of aryl methyl sites for hydroxylation is 2. The number of nitrogens with zero attached hydrogens (tertiary/aromatic N) is 10. The molecule has 0 aliphatic heterocycles. The van der Waals surface area contributed by atoms with Crippen LogP contribution in [0.15, 0.2) is 126 Å². The Morgan fingerprint density at radius 3 is 1.45 bits per heavy atom. The average Bonchev–Trinajstić information content (AvgIpc) is 4.12. The van der Waals surface area contributed by atoms with Crippen LogP contribution in [0.25, 0.3) is 44.8 Å². The number of hydrogen-bond donors (Lipinski definition) is 0. The Morgan fingerprint density at radius 2 is 1.02 bits per heavy atom. The molecule has 0 fully saturated rings. The molecule has 0 saturated heterocycles. The Bertz CT molecular complexity index is 2590. The third-order valence-electron chi connectivity index (χ3n) is 10.4. The molecule has 0 spiro atoms. The number of aromatic nitrogens is 10. The molecule has 0 atom stereocenters. The molecule has 2 aromatic carbocycles. The maximum absolute atomic E-state index is 8.29. The molecule has 0 amide bonds. The van der Waals surface area contributed by atoms with Crippen LogP contribution in [0.5, 0.6) is 0 Å². The standard InChI is InChI=1S/C16H13N5.C13H9BrN2.3C4H9.C3H4N3.2O2S.Sn/c1-20-15(11-17-19-20)14-8-7-12-9-10-21(16(12)18-14)13-5-3-2-4-6-13;14-12-7-6-10-8-9-16(13(10)15-12)11-4-2-1-3-5-11;3*1-3-4-2;1-6-3-2-4-5-6;2*1-3-2;/h2-11H,1H3;1-9H;3*1,3-4H2,2H3;2H,1H3;;;. The molecule has 18 heteroatoms. The molecule has 6 heterocycles. The van der Waals surface area contributed by atoms with Gasteiger partial charge >= 0.3 is 146 Å². The van der Waals surface area contributed by atoms with E-state index in [2.05, 4.69) is 138 Å². The van der Waals surface area contributed by atoms with Crippen molar-refractivity contribution in [1.82, 2.24) is 49.1 Å². The van der Waals surface area contributed by atoms with Crippen molar-refractivity contribution in [2.24, 2.45) is 14.1 Å². The van der Waals surface area contributed by atoms with Crippen LogP contribution in [0, 0.1) is 0 Å². The first kappa shape index (κ1) is 49.7. The van der Waals surface area contributed by atoms with Crippen molar-refractivity contribution in [1.29, 1.82) is 0 Å². The van der Waals surface area contributed by atoms with E-state index in [-0.39, 0.29) is 0 Å². The van der Waals surface area contributed by atoms with Crippen molar-refractivity contribution < 1.29 is 16.8 Å². The maximum atomic E-state index is 8.29. The zero-order chi connectivity index (χ0) is 44.7. The molecule has 0 saturated carbocycles. The summed E-state index contributed by atoms with van der Waals surface area (Å²) >= 11 is -0.357. The van der Waals surface area contributed by atoms with Gasteiger partial charge in [-0.25, -0.2) is 14.6 Å². The SMILES string of the molecule is Brc1ccc2ccn(-c3ccccc3)c2n1.CCC[CH2][Sn]([CH2]CCC)([CH2]CCC)[c]1cnnn1C.Cn1nncc1-c1ccc2ccn(-c3ccccc3)c2n1.O=S=O.O=S=O. The van der Waals surface area contributed by atoms with E-state index in [1.807, 2.05) is 68.0 Å². The van der Waals surface area contributed by atoms with E-state index in [9.17, 15) is 0 Å². The van der Waals surface area contributed by atoms with E-state index < -0.39 is 41.5 Å². The van der Waals surface area contributed by atoms with Crippen molar-refractivity contribution in [2.45, 2.75) is 72.6 Å². The van der Waals surface area contributed by atoms with E-state index in [0.29, 0.717) is 0 Å². The molecule has 0 N–H and O–H groups in total. The molecule has 0 unspecified atom stereocenters. The molecular formula is C44H53BrN10O4S2Sn. The second-order valence-electron chi connectivity index (χ2n) is 14.4. The quantitative estimate of drug-likeness (QED) is 0.0803. The van der Waals surface area contributed by atoms with Gasteiger partial charge in [0, 0.05) is 41.6 Å². The first-order valence-electron chi connectivity index (χ1n) is 20.5. The van der Waals surface area contributed by atoms with E-state index in [4.69, 9.17) is 21.8 Å². The van der Waals surface area contributed by atoms with Gasteiger partial charge in [-0.3, -0.25) is 0 Å². The van der Waals surface area contributed by atoms with E-state index >= 15 is 0 Å². The van der Waals surface area contributed by atoms with Gasteiger partial charge in [0.05, 0.1) is 11.9 Å². The summed E-state index contributed by atoms with van der Waals surface area (Å²) in [5.74, 6) is 0. The van der Waals surface area contributed by atoms with E-state index in [1.165, 1.54) is 51.8 Å². The predicted molar refractivity (Wildman–Crippen MR) is 253 cm³/mol. The normalized spacial score (nSPS) is 10.6. The summed E-state index contributed by atoms with van der Waals surface area (Å²) in [6.07, 6.45) is 16.1. The van der Waals surface area contributed by atoms with E-state index in [0.717, 1.165) is 49.4 Å². The third-order valence-corrected chi connectivity index (χ3v) is 26.4. The Kier molecular flexibility index (Phi) is 21.2. The molecule has 6 aromatic heterocycles. The van der Waals surface area contributed by atoms with Crippen LogP contribution in [-0.2, 0) is 37.2 Å². The first-order valence-corrected chi connectivity index (χ1v) is 30.1. The fourth-order valence-corrected chi connectivity index (χ4v) is 23.8. The molecule has 0 aliphatic carbocycles. The number of fused-ring (bicyclic) bond motifs is 2. The average molecular weight is 1050 g/mol. The number of rotatable bonds is 13. The van der Waals surface area contributed by atoms with Gasteiger partial charge in [-0.05, 0) is 76.6 Å². The van der Waals surface area contributed by atoms with Gasteiger partial charge in [0.25, 0.3) is 0 Å². The van der Waals surface area contributed by atoms with Crippen LogP contribution in [-0.4, -0.2) is 84.3 Å². The maximum Gasteiger partial charge on any atom is 0.335 e. The first-order chi connectivity index (χ1) is 30.2. The monoisotopic (exact) mass is 1050 g/mol. The van der Waals surface area contributed by atoms with Crippen LogP contribution in [0.1, 0.15) is 59.3 Å². The summed E-state index contributed by atoms with van der Waals surface area (Å²) in [5.41, 5.74) is 5.90. The predicted octanol–water partition coefficient (Wildman–Crippen LogP) is 9.14. The fraction of sp³-hybridized carbons (Fsp3) is 0.318. The minimum atomic E-state index is -2.26. The van der Waals surface area contributed by atoms with Crippen molar-refractivity contribution >= 4 is 83.2 Å². The second kappa shape index (κ2) is 26.5. The van der Waals surface area contributed by atoms with Crippen molar-refractivity contribution in [2.75, 3.05) is 0 Å². The van der Waals surface area contributed by atoms with E-state index in [1.54, 1.807) is 14.6 Å². The van der Waals surface area contributed by atoms with Crippen LogP contribution >= 0.6 is 15.9 Å². The van der Waals surface area contributed by atoms with Gasteiger partial charge in [-0.2, -0.15) is 16.8 Å². The zero-order valence-electron chi connectivity index (χ0n) is 35.7. The van der Waals surface area contributed by atoms with Gasteiger partial charge in [0.15, 0.2) is 0 Å². The number of unbranched alkanes of at least 4 members (excludes halogenated alkanes) is 3.